The number of rotatable bonds is 18. The Morgan fingerprint density at radius 3 is 1.37 bits per heavy atom. The van der Waals surface area contributed by atoms with Gasteiger partial charge in [0.1, 0.15) is 5.75 Å². The van der Waals surface area contributed by atoms with Crippen molar-refractivity contribution in [3.8, 4) is 5.75 Å². The van der Waals surface area contributed by atoms with Gasteiger partial charge in [-0.25, -0.2) is 4.79 Å². The molecule has 0 atom stereocenters. The zero-order valence-corrected chi connectivity index (χ0v) is 26.8. The largest absolute Gasteiger partial charge is 0.506 e. The second kappa shape index (κ2) is 19.7. The summed E-state index contributed by atoms with van der Waals surface area (Å²) in [6, 6.07) is 2.73. The molecule has 4 N–H and O–H groups in total. The molecular weight excluding hydrogens is 506 g/mol. The average molecular weight is 562 g/mol. The van der Waals surface area contributed by atoms with E-state index in [4.69, 9.17) is 5.73 Å². The summed E-state index contributed by atoms with van der Waals surface area (Å²) in [6.07, 6.45) is 25.3. The number of phenols is 1. The summed E-state index contributed by atoms with van der Waals surface area (Å²) < 4.78 is 0. The van der Waals surface area contributed by atoms with Gasteiger partial charge in [0.2, 0.25) is 0 Å². The quantitative estimate of drug-likeness (QED) is 0.0945. The molecule has 1 rings (SSSR count). The smallest absolute Gasteiger partial charge is 0.335 e. The van der Waals surface area contributed by atoms with Crippen molar-refractivity contribution in [2.75, 3.05) is 5.73 Å². The topological polar surface area (TPSA) is 83.5 Å². The van der Waals surface area contributed by atoms with Crippen molar-refractivity contribution in [2.45, 2.75) is 119 Å². The van der Waals surface area contributed by atoms with Crippen LogP contribution < -0.4 is 5.73 Å². The summed E-state index contributed by atoms with van der Waals surface area (Å²) in [7, 11) is 0. The van der Waals surface area contributed by atoms with Gasteiger partial charge in [-0.05, 0) is 137 Å². The van der Waals surface area contributed by atoms with Crippen molar-refractivity contribution in [2.24, 2.45) is 0 Å². The fraction of sp³-hybridized carbons (Fsp3) is 0.486. The second-order valence-electron chi connectivity index (χ2n) is 11.8. The molecule has 4 heteroatoms. The monoisotopic (exact) mass is 561 g/mol. The van der Waals surface area contributed by atoms with Crippen LogP contribution in [0.5, 0.6) is 5.75 Å². The van der Waals surface area contributed by atoms with Gasteiger partial charge in [0.15, 0.2) is 0 Å². The van der Waals surface area contributed by atoms with Crippen LogP contribution in [0.3, 0.4) is 0 Å². The van der Waals surface area contributed by atoms with E-state index in [0.29, 0.717) is 12.0 Å². The van der Waals surface area contributed by atoms with Crippen LogP contribution in [-0.2, 0) is 6.42 Å². The van der Waals surface area contributed by atoms with Gasteiger partial charge in [-0.1, -0.05) is 69.9 Å². The number of carboxylic acids is 1. The van der Waals surface area contributed by atoms with E-state index in [1.165, 1.54) is 52.0 Å². The van der Waals surface area contributed by atoms with E-state index in [-0.39, 0.29) is 17.0 Å². The van der Waals surface area contributed by atoms with Crippen LogP contribution in [0.2, 0.25) is 0 Å². The Morgan fingerprint density at radius 2 is 1.00 bits per heavy atom. The molecule has 0 radical (unpaired) electrons. The zero-order valence-electron chi connectivity index (χ0n) is 26.8. The van der Waals surface area contributed by atoms with Crippen LogP contribution in [-0.4, -0.2) is 16.2 Å². The van der Waals surface area contributed by atoms with E-state index < -0.39 is 5.97 Å². The minimum atomic E-state index is -1.07. The Labute approximate surface area is 250 Å². The number of benzene rings is 1. The van der Waals surface area contributed by atoms with E-state index in [1.807, 2.05) is 0 Å². The maximum absolute atomic E-state index is 11.2. The van der Waals surface area contributed by atoms with Gasteiger partial charge in [0.05, 0.1) is 11.3 Å². The molecule has 0 saturated carbocycles. The fourth-order valence-corrected chi connectivity index (χ4v) is 4.56. The van der Waals surface area contributed by atoms with Gasteiger partial charge in [-0.2, -0.15) is 0 Å². The van der Waals surface area contributed by atoms with Crippen LogP contribution in [0.1, 0.15) is 129 Å². The molecule has 226 valence electrons. The highest BCUT2D eigenvalue weighted by atomic mass is 16.4. The highest BCUT2D eigenvalue weighted by Crippen LogP contribution is 2.27. The van der Waals surface area contributed by atoms with Crippen LogP contribution in [0, 0.1) is 0 Å². The number of allylic oxidation sites excluding steroid dienone is 12. The number of nitrogen functional groups attached to an aromatic ring is 1. The fourth-order valence-electron chi connectivity index (χ4n) is 4.56. The minimum Gasteiger partial charge on any atom is -0.506 e. The number of nitrogens with two attached hydrogens (primary N) is 1. The first kappa shape index (κ1) is 35.8. The third-order valence-corrected chi connectivity index (χ3v) is 7.38. The number of anilines is 1. The molecule has 4 nitrogen and oxygen atoms in total. The third kappa shape index (κ3) is 16.6. The molecule has 41 heavy (non-hydrogen) atoms. The van der Waals surface area contributed by atoms with Gasteiger partial charge in [0.25, 0.3) is 0 Å². The number of hydrogen-bond acceptors (Lipinski definition) is 3. The molecular formula is C37H55NO3. The van der Waals surface area contributed by atoms with Crippen molar-refractivity contribution in [1.82, 2.24) is 0 Å². The van der Waals surface area contributed by atoms with Crippen molar-refractivity contribution in [3.63, 3.8) is 0 Å². The number of phenolic OH excluding ortho intramolecular Hbond substituents is 1. The molecule has 1 aromatic carbocycles. The summed E-state index contributed by atoms with van der Waals surface area (Å²) in [5, 5.41) is 19.1. The van der Waals surface area contributed by atoms with Crippen LogP contribution in [0.25, 0.3) is 0 Å². The van der Waals surface area contributed by atoms with Crippen molar-refractivity contribution in [1.29, 1.82) is 0 Å². The van der Waals surface area contributed by atoms with Crippen molar-refractivity contribution < 1.29 is 15.0 Å². The normalized spacial score (nSPS) is 13.5. The minimum absolute atomic E-state index is 0.0482. The SMILES string of the molecule is CC(C)=CCC/C(C)=C/CC/C(C)=C/CC/C(C)=C/CC/C(C)=C/CC/C(C)=C/Cc1cc(C(=O)O)cc(O)c1N. The van der Waals surface area contributed by atoms with Gasteiger partial charge in [-0.3, -0.25) is 0 Å². The predicted molar refractivity (Wildman–Crippen MR) is 178 cm³/mol. The summed E-state index contributed by atoms with van der Waals surface area (Å²) in [6.45, 7) is 15.4. The molecule has 0 amide bonds. The van der Waals surface area contributed by atoms with Gasteiger partial charge < -0.3 is 15.9 Å². The van der Waals surface area contributed by atoms with Gasteiger partial charge in [-0.15, -0.1) is 0 Å². The Hall–Kier alpha value is -3.27. The first-order valence-electron chi connectivity index (χ1n) is 15.1. The van der Waals surface area contributed by atoms with E-state index >= 15 is 0 Å². The molecule has 0 aromatic heterocycles. The molecule has 0 unspecified atom stereocenters. The lowest BCUT2D eigenvalue weighted by atomic mass is 10.0. The first-order valence-corrected chi connectivity index (χ1v) is 15.1. The first-order chi connectivity index (χ1) is 19.4. The lowest BCUT2D eigenvalue weighted by Crippen LogP contribution is -2.01. The van der Waals surface area contributed by atoms with Crippen LogP contribution in [0.4, 0.5) is 5.69 Å². The molecule has 0 fully saturated rings. The summed E-state index contributed by atoms with van der Waals surface area (Å²) in [5.41, 5.74) is 15.3. The average Bonchev–Trinajstić information content (AvgIpc) is 2.89. The molecule has 0 aliphatic carbocycles. The molecule has 0 heterocycles. The molecule has 0 saturated heterocycles. The number of carboxylic acid groups (broad SMARTS) is 1. The lowest BCUT2D eigenvalue weighted by Gasteiger charge is -2.08. The number of aromatic carboxylic acids is 1. The predicted octanol–water partition coefficient (Wildman–Crippen LogP) is 10.8. The highest BCUT2D eigenvalue weighted by molar-refractivity contribution is 5.89. The van der Waals surface area contributed by atoms with E-state index in [0.717, 1.165) is 57.8 Å². The standard InChI is InChI=1S/C37H55NO3/c1-27(2)13-8-14-28(3)15-9-16-29(4)17-10-18-30(5)19-11-20-31(6)21-12-22-32(7)23-24-33-25-34(37(40)41)26-35(39)36(33)38/h13,15,17,19,21,23,25-26,39H,8-12,14,16,18,20,22,24,38H2,1-7H3,(H,40,41)/b28-15+,29-17+,30-19+,31-21+,32-23+. The molecule has 0 spiro atoms. The maximum atomic E-state index is 11.2. The molecule has 0 aliphatic rings. The highest BCUT2D eigenvalue weighted by Gasteiger charge is 2.11. The van der Waals surface area contributed by atoms with Crippen molar-refractivity contribution in [3.05, 3.63) is 93.2 Å². The van der Waals surface area contributed by atoms with Crippen LogP contribution >= 0.6 is 0 Å². The second-order valence-corrected chi connectivity index (χ2v) is 11.8. The number of hydrogen-bond donors (Lipinski definition) is 3. The molecule has 0 bridgehead atoms. The molecule has 1 aromatic rings. The Bertz CT molecular complexity index is 1170. The Kier molecular flexibility index (Phi) is 17.2. The number of carbonyl (C=O) groups is 1. The summed E-state index contributed by atoms with van der Waals surface area (Å²) in [5.74, 6) is -1.25. The van der Waals surface area contributed by atoms with E-state index in [9.17, 15) is 15.0 Å². The third-order valence-electron chi connectivity index (χ3n) is 7.38. The lowest BCUT2D eigenvalue weighted by molar-refractivity contribution is 0.0696. The van der Waals surface area contributed by atoms with E-state index in [1.54, 1.807) is 0 Å². The zero-order chi connectivity index (χ0) is 30.8. The Morgan fingerprint density at radius 1 is 0.634 bits per heavy atom. The van der Waals surface area contributed by atoms with Crippen LogP contribution in [0.15, 0.2) is 82.0 Å². The Balaban J connectivity index is 2.37. The summed E-state index contributed by atoms with van der Waals surface area (Å²) >= 11 is 0. The number of aromatic hydroxyl groups is 1. The van der Waals surface area contributed by atoms with Crippen molar-refractivity contribution >= 4 is 11.7 Å². The summed E-state index contributed by atoms with van der Waals surface area (Å²) in [4.78, 5) is 11.2. The molecule has 0 aliphatic heterocycles. The van der Waals surface area contributed by atoms with Gasteiger partial charge in [0, 0.05) is 0 Å². The van der Waals surface area contributed by atoms with Gasteiger partial charge >= 0.3 is 5.97 Å². The maximum Gasteiger partial charge on any atom is 0.335 e. The van der Waals surface area contributed by atoms with E-state index in [2.05, 4.69) is 84.9 Å².